The van der Waals surface area contributed by atoms with Gasteiger partial charge in [-0.25, -0.2) is 0 Å². The molecule has 1 amide bonds. The molecule has 0 bridgehead atoms. The van der Waals surface area contributed by atoms with E-state index < -0.39 is 0 Å². The monoisotopic (exact) mass is 318 g/mol. The number of aromatic nitrogens is 2. The Morgan fingerprint density at radius 2 is 2.00 bits per heavy atom. The summed E-state index contributed by atoms with van der Waals surface area (Å²) in [7, 11) is 0. The third-order valence-corrected chi connectivity index (χ3v) is 5.30. The molecule has 128 valence electrons. The van der Waals surface area contributed by atoms with Crippen molar-refractivity contribution in [3.63, 3.8) is 0 Å². The molecule has 5 nitrogen and oxygen atoms in total. The van der Waals surface area contributed by atoms with Crippen LogP contribution in [0.5, 0.6) is 0 Å². The molecule has 2 heterocycles. The van der Waals surface area contributed by atoms with E-state index in [1.807, 2.05) is 6.07 Å². The number of nitrogens with zero attached hydrogens (tertiary/aromatic N) is 2. The summed E-state index contributed by atoms with van der Waals surface area (Å²) in [6, 6.07) is 1.91. The third kappa shape index (κ3) is 4.14. The molecular formula is C18H30N4O. The minimum absolute atomic E-state index is 0.00954. The molecular weight excluding hydrogens is 288 g/mol. The zero-order valence-corrected chi connectivity index (χ0v) is 14.4. The molecule has 0 atom stereocenters. The number of carbonyl (C=O) groups is 1. The molecule has 1 saturated heterocycles. The number of likely N-dealkylation sites (tertiary alicyclic amines) is 1. The lowest BCUT2D eigenvalue weighted by molar-refractivity contribution is 0.0817. The quantitative estimate of drug-likeness (QED) is 0.848. The second-order valence-corrected chi connectivity index (χ2v) is 7.31. The van der Waals surface area contributed by atoms with E-state index >= 15 is 0 Å². The fourth-order valence-electron chi connectivity index (χ4n) is 4.10. The molecule has 0 unspecified atom stereocenters. The molecule has 1 aliphatic carbocycles. The predicted molar refractivity (Wildman–Crippen MR) is 91.5 cm³/mol. The van der Waals surface area contributed by atoms with Gasteiger partial charge in [-0.15, -0.1) is 0 Å². The maximum Gasteiger partial charge on any atom is 0.272 e. The summed E-state index contributed by atoms with van der Waals surface area (Å²) in [6.45, 7) is 5.50. The normalized spacial score (nSPS) is 21.4. The van der Waals surface area contributed by atoms with Crippen molar-refractivity contribution >= 4 is 5.91 Å². The van der Waals surface area contributed by atoms with E-state index in [2.05, 4.69) is 27.3 Å². The van der Waals surface area contributed by atoms with Crippen LogP contribution in [0.25, 0.3) is 0 Å². The summed E-state index contributed by atoms with van der Waals surface area (Å²) in [5, 5.41) is 10.6. The smallest absolute Gasteiger partial charge is 0.272 e. The van der Waals surface area contributed by atoms with Gasteiger partial charge in [-0.3, -0.25) is 9.89 Å². The van der Waals surface area contributed by atoms with Gasteiger partial charge < -0.3 is 10.2 Å². The van der Waals surface area contributed by atoms with Crippen molar-refractivity contribution in [2.24, 2.45) is 0 Å². The molecule has 1 aromatic heterocycles. The van der Waals surface area contributed by atoms with Crippen molar-refractivity contribution in [3.8, 4) is 0 Å². The van der Waals surface area contributed by atoms with Crippen LogP contribution >= 0.6 is 0 Å². The van der Waals surface area contributed by atoms with Crippen molar-refractivity contribution in [1.82, 2.24) is 20.4 Å². The van der Waals surface area contributed by atoms with Crippen LogP contribution < -0.4 is 5.32 Å². The molecule has 1 aromatic rings. The Hall–Kier alpha value is -1.36. The highest BCUT2D eigenvalue weighted by Crippen LogP contribution is 2.30. The maximum atomic E-state index is 12.7. The number of carbonyl (C=O) groups excluding carboxylic acids is 1. The van der Waals surface area contributed by atoms with Gasteiger partial charge in [0.25, 0.3) is 5.91 Å². The van der Waals surface area contributed by atoms with Crippen molar-refractivity contribution in [2.45, 2.75) is 70.3 Å². The summed E-state index contributed by atoms with van der Waals surface area (Å²) in [5.41, 5.74) is 1.54. The highest BCUT2D eigenvalue weighted by Gasteiger charge is 2.36. The van der Waals surface area contributed by atoms with Crippen LogP contribution in [0.1, 0.15) is 74.5 Å². The van der Waals surface area contributed by atoms with Gasteiger partial charge in [-0.1, -0.05) is 32.6 Å². The van der Waals surface area contributed by atoms with Crippen LogP contribution in [-0.2, 0) is 6.42 Å². The van der Waals surface area contributed by atoms with Gasteiger partial charge in [0.1, 0.15) is 5.69 Å². The number of hydrogen-bond acceptors (Lipinski definition) is 3. The lowest BCUT2D eigenvalue weighted by Crippen LogP contribution is -2.56. The van der Waals surface area contributed by atoms with Crippen LogP contribution in [0.15, 0.2) is 6.07 Å². The first kappa shape index (κ1) is 16.5. The van der Waals surface area contributed by atoms with Gasteiger partial charge in [0.2, 0.25) is 0 Å². The zero-order valence-electron chi connectivity index (χ0n) is 14.4. The van der Waals surface area contributed by atoms with E-state index in [1.165, 1.54) is 45.2 Å². The molecule has 2 fully saturated rings. The summed E-state index contributed by atoms with van der Waals surface area (Å²) >= 11 is 0. The first-order valence-corrected chi connectivity index (χ1v) is 9.30. The number of H-pyrrole nitrogens is 1. The second-order valence-electron chi connectivity index (χ2n) is 7.31. The first-order valence-electron chi connectivity index (χ1n) is 9.30. The Morgan fingerprint density at radius 3 is 2.70 bits per heavy atom. The molecule has 1 saturated carbocycles. The van der Waals surface area contributed by atoms with E-state index in [-0.39, 0.29) is 11.4 Å². The second kappa shape index (κ2) is 7.47. The minimum Gasteiger partial charge on any atom is -0.344 e. The largest absolute Gasteiger partial charge is 0.344 e. The number of amides is 1. The Kier molecular flexibility index (Phi) is 5.36. The third-order valence-electron chi connectivity index (χ3n) is 5.30. The van der Waals surface area contributed by atoms with Gasteiger partial charge in [-0.05, 0) is 51.3 Å². The fourth-order valence-corrected chi connectivity index (χ4v) is 4.10. The Balaban J connectivity index is 1.67. The van der Waals surface area contributed by atoms with Crippen LogP contribution in [0, 0.1) is 0 Å². The van der Waals surface area contributed by atoms with Crippen molar-refractivity contribution in [1.29, 1.82) is 0 Å². The molecule has 0 radical (unpaired) electrons. The van der Waals surface area contributed by atoms with Gasteiger partial charge >= 0.3 is 0 Å². The van der Waals surface area contributed by atoms with Gasteiger partial charge in [0.05, 0.1) is 5.54 Å². The van der Waals surface area contributed by atoms with E-state index in [4.69, 9.17) is 0 Å². The number of hydrogen-bond donors (Lipinski definition) is 2. The molecule has 2 aliphatic rings. The van der Waals surface area contributed by atoms with Crippen molar-refractivity contribution in [2.75, 3.05) is 19.6 Å². The Labute approximate surface area is 139 Å². The van der Waals surface area contributed by atoms with Crippen LogP contribution in [0.4, 0.5) is 0 Å². The Morgan fingerprint density at radius 1 is 1.26 bits per heavy atom. The van der Waals surface area contributed by atoms with Gasteiger partial charge in [0, 0.05) is 12.2 Å². The highest BCUT2D eigenvalue weighted by atomic mass is 16.2. The molecule has 0 spiro atoms. The van der Waals surface area contributed by atoms with E-state index in [9.17, 15) is 4.79 Å². The average Bonchev–Trinajstić information content (AvgIpc) is 3.20. The SMILES string of the molecule is CCCc1cc(C(=O)NC2(CN3CCCC3)CCCCC2)n[nH]1. The lowest BCUT2D eigenvalue weighted by atomic mass is 9.81. The summed E-state index contributed by atoms with van der Waals surface area (Å²) < 4.78 is 0. The summed E-state index contributed by atoms with van der Waals surface area (Å²) in [5.74, 6) is -0.00954. The molecule has 5 heteroatoms. The van der Waals surface area contributed by atoms with E-state index in [0.29, 0.717) is 5.69 Å². The fraction of sp³-hybridized carbons (Fsp3) is 0.778. The van der Waals surface area contributed by atoms with Crippen molar-refractivity contribution < 1.29 is 4.79 Å². The average molecular weight is 318 g/mol. The summed E-state index contributed by atoms with van der Waals surface area (Å²) in [6.07, 6.45) is 10.5. The first-order chi connectivity index (χ1) is 11.2. The molecule has 2 N–H and O–H groups in total. The number of aryl methyl sites for hydroxylation is 1. The summed E-state index contributed by atoms with van der Waals surface area (Å²) in [4.78, 5) is 15.2. The molecule has 23 heavy (non-hydrogen) atoms. The van der Waals surface area contributed by atoms with E-state index in [1.54, 1.807) is 0 Å². The topological polar surface area (TPSA) is 61.0 Å². The van der Waals surface area contributed by atoms with Crippen molar-refractivity contribution in [3.05, 3.63) is 17.5 Å². The number of rotatable bonds is 6. The predicted octanol–water partition coefficient (Wildman–Crippen LogP) is 2.89. The standard InChI is InChI=1S/C18H30N4O/c1-2-8-15-13-16(21-20-15)17(23)19-18(9-4-3-5-10-18)14-22-11-6-7-12-22/h13H,2-12,14H2,1H3,(H,19,23)(H,20,21). The molecule has 3 rings (SSSR count). The van der Waals surface area contributed by atoms with Crippen LogP contribution in [0.3, 0.4) is 0 Å². The Bertz CT molecular complexity index is 513. The van der Waals surface area contributed by atoms with E-state index in [0.717, 1.165) is 37.9 Å². The highest BCUT2D eigenvalue weighted by molar-refractivity contribution is 5.92. The zero-order chi connectivity index (χ0) is 16.1. The maximum absolute atomic E-state index is 12.7. The lowest BCUT2D eigenvalue weighted by Gasteiger charge is -2.40. The minimum atomic E-state index is -0.0520. The van der Waals surface area contributed by atoms with Gasteiger partial charge in [-0.2, -0.15) is 5.10 Å². The van der Waals surface area contributed by atoms with Gasteiger partial charge in [0.15, 0.2) is 0 Å². The van der Waals surface area contributed by atoms with Crippen LogP contribution in [-0.4, -0.2) is 46.2 Å². The van der Waals surface area contributed by atoms with Crippen LogP contribution in [0.2, 0.25) is 0 Å². The molecule has 1 aliphatic heterocycles. The number of aromatic amines is 1. The number of nitrogens with one attached hydrogen (secondary N) is 2. The molecule has 0 aromatic carbocycles.